The lowest BCUT2D eigenvalue weighted by Gasteiger charge is -2.31. The number of aromatic carboxylic acids is 1. The van der Waals surface area contributed by atoms with E-state index in [4.69, 9.17) is 4.74 Å². The van der Waals surface area contributed by atoms with E-state index >= 15 is 0 Å². The summed E-state index contributed by atoms with van der Waals surface area (Å²) in [6, 6.07) is 8.33. The van der Waals surface area contributed by atoms with E-state index in [1.807, 2.05) is 0 Å². The van der Waals surface area contributed by atoms with Crippen molar-refractivity contribution in [2.24, 2.45) is 0 Å². The van der Waals surface area contributed by atoms with E-state index in [-0.39, 0.29) is 11.3 Å². The fourth-order valence-corrected chi connectivity index (χ4v) is 5.75. The fourth-order valence-electron chi connectivity index (χ4n) is 3.25. The number of aliphatic hydroxyl groups is 1. The van der Waals surface area contributed by atoms with E-state index in [1.165, 1.54) is 6.07 Å². The van der Waals surface area contributed by atoms with Crippen LogP contribution < -0.4 is 4.74 Å². The Bertz CT molecular complexity index is 1180. The second kappa shape index (κ2) is 7.70. The monoisotopic (exact) mass is 646 g/mol. The van der Waals surface area contributed by atoms with Crippen LogP contribution in [0.15, 0.2) is 65.7 Å². The van der Waals surface area contributed by atoms with Gasteiger partial charge in [-0.2, -0.15) is 0 Å². The van der Waals surface area contributed by atoms with Crippen LogP contribution in [0, 0.1) is 0 Å². The van der Waals surface area contributed by atoms with Crippen molar-refractivity contribution in [2.75, 3.05) is 0 Å². The zero-order valence-electron chi connectivity index (χ0n) is 14.2. The Hall–Kier alpha value is -1.39. The number of phenolic OH excluding ortho intramolecular Hbond substituents is 1. The molecule has 0 aromatic heterocycles. The zero-order valence-corrected chi connectivity index (χ0v) is 20.6. The van der Waals surface area contributed by atoms with Crippen molar-refractivity contribution >= 4 is 75.3 Å². The van der Waals surface area contributed by atoms with Gasteiger partial charge >= 0.3 is 5.97 Å². The average molecular weight is 650 g/mol. The summed E-state index contributed by atoms with van der Waals surface area (Å²) < 4.78 is 7.67. The molecule has 0 saturated heterocycles. The molecule has 1 unspecified atom stereocenters. The molecule has 0 radical (unpaired) electrons. The SMILES string of the molecule is O=C(O)c1ccccc1C1=C2C=C(Br)C(O)C(Br)=C2Oc2c1cc(Br)c(O)c2Br. The third kappa shape index (κ3) is 3.33. The minimum Gasteiger partial charge on any atom is -0.505 e. The quantitative estimate of drug-likeness (QED) is 0.368. The van der Waals surface area contributed by atoms with Crippen LogP contribution >= 0.6 is 63.7 Å². The third-order valence-electron chi connectivity index (χ3n) is 4.56. The summed E-state index contributed by atoms with van der Waals surface area (Å²) in [5.41, 5.74) is 2.38. The van der Waals surface area contributed by atoms with E-state index in [0.717, 1.165) is 0 Å². The van der Waals surface area contributed by atoms with Crippen molar-refractivity contribution in [3.63, 3.8) is 0 Å². The van der Waals surface area contributed by atoms with E-state index < -0.39 is 12.1 Å². The minimum atomic E-state index is -1.07. The van der Waals surface area contributed by atoms with Crippen LogP contribution in [0.4, 0.5) is 0 Å². The second-order valence-electron chi connectivity index (χ2n) is 6.25. The topological polar surface area (TPSA) is 87.0 Å². The molecule has 0 saturated carbocycles. The molecule has 2 aromatic rings. The molecular weight excluding hydrogens is 640 g/mol. The highest BCUT2D eigenvalue weighted by Crippen LogP contribution is 2.53. The molecule has 1 heterocycles. The van der Waals surface area contributed by atoms with Gasteiger partial charge in [0, 0.05) is 21.2 Å². The van der Waals surface area contributed by atoms with Crippen molar-refractivity contribution in [1.29, 1.82) is 0 Å². The zero-order chi connectivity index (χ0) is 21.0. The molecule has 4 rings (SSSR count). The van der Waals surface area contributed by atoms with Gasteiger partial charge in [0.15, 0.2) is 5.75 Å². The molecule has 1 aliphatic carbocycles. The number of allylic oxidation sites excluding steroid dienone is 1. The number of carboxylic acid groups (broad SMARTS) is 1. The van der Waals surface area contributed by atoms with Gasteiger partial charge in [-0.1, -0.05) is 34.1 Å². The maximum atomic E-state index is 11.9. The first kappa shape index (κ1) is 20.9. The molecule has 1 atom stereocenters. The minimum absolute atomic E-state index is 0.0529. The van der Waals surface area contributed by atoms with Crippen molar-refractivity contribution in [1.82, 2.24) is 0 Å². The number of fused-ring (bicyclic) bond motifs is 2. The number of ether oxygens (including phenoxy) is 1. The van der Waals surface area contributed by atoms with Gasteiger partial charge in [-0.3, -0.25) is 0 Å². The van der Waals surface area contributed by atoms with Gasteiger partial charge in [0.05, 0.1) is 14.5 Å². The van der Waals surface area contributed by atoms with Crippen LogP contribution in [0.1, 0.15) is 21.5 Å². The van der Waals surface area contributed by atoms with Crippen LogP contribution in [0.5, 0.6) is 11.5 Å². The van der Waals surface area contributed by atoms with Crippen LogP contribution in [0.2, 0.25) is 0 Å². The van der Waals surface area contributed by atoms with Gasteiger partial charge in [0.2, 0.25) is 0 Å². The normalized spacial score (nSPS) is 18.1. The molecule has 29 heavy (non-hydrogen) atoms. The first-order valence-electron chi connectivity index (χ1n) is 8.13. The highest BCUT2D eigenvalue weighted by Gasteiger charge is 2.36. The van der Waals surface area contributed by atoms with E-state index in [1.54, 1.807) is 30.3 Å². The molecular formula is C20H10Br4O5. The van der Waals surface area contributed by atoms with Gasteiger partial charge in [-0.05, 0) is 71.6 Å². The molecule has 0 fully saturated rings. The largest absolute Gasteiger partial charge is 0.505 e. The van der Waals surface area contributed by atoms with Gasteiger partial charge in [0.1, 0.15) is 22.1 Å². The molecule has 148 valence electrons. The third-order valence-corrected chi connectivity index (χ3v) is 7.36. The summed E-state index contributed by atoms with van der Waals surface area (Å²) in [4.78, 5) is 11.9. The first-order valence-corrected chi connectivity index (χ1v) is 11.3. The van der Waals surface area contributed by atoms with Crippen molar-refractivity contribution in [2.45, 2.75) is 6.10 Å². The average Bonchev–Trinajstić information content (AvgIpc) is 2.69. The lowest BCUT2D eigenvalue weighted by molar-refractivity contribution is 0.0696. The Morgan fingerprint density at radius 3 is 2.45 bits per heavy atom. The highest BCUT2D eigenvalue weighted by molar-refractivity contribution is 9.12. The molecule has 9 heteroatoms. The van der Waals surface area contributed by atoms with E-state index in [2.05, 4.69) is 63.7 Å². The molecule has 2 aliphatic rings. The number of hydrogen-bond donors (Lipinski definition) is 3. The van der Waals surface area contributed by atoms with E-state index in [9.17, 15) is 20.1 Å². The number of hydrogen-bond acceptors (Lipinski definition) is 4. The smallest absolute Gasteiger partial charge is 0.336 e. The Kier molecular flexibility index (Phi) is 5.54. The first-order chi connectivity index (χ1) is 13.7. The van der Waals surface area contributed by atoms with Crippen molar-refractivity contribution in [3.8, 4) is 11.5 Å². The number of aromatic hydroxyl groups is 1. The maximum absolute atomic E-state index is 11.9. The lowest BCUT2D eigenvalue weighted by Crippen LogP contribution is -2.21. The summed E-state index contributed by atoms with van der Waals surface area (Å²) in [6.45, 7) is 0. The number of halogens is 4. The van der Waals surface area contributed by atoms with E-state index in [0.29, 0.717) is 51.7 Å². The van der Waals surface area contributed by atoms with Gasteiger partial charge < -0.3 is 20.1 Å². The molecule has 0 bridgehead atoms. The summed E-state index contributed by atoms with van der Waals surface area (Å²) in [5.74, 6) is -0.467. The molecule has 5 nitrogen and oxygen atoms in total. The number of rotatable bonds is 2. The highest BCUT2D eigenvalue weighted by atomic mass is 79.9. The van der Waals surface area contributed by atoms with Gasteiger partial charge in [-0.15, -0.1) is 0 Å². The Balaban J connectivity index is 2.18. The van der Waals surface area contributed by atoms with Crippen LogP contribution in [-0.2, 0) is 0 Å². The second-order valence-corrected chi connectivity index (χ2v) is 9.67. The summed E-state index contributed by atoms with van der Waals surface area (Å²) in [7, 11) is 0. The Morgan fingerprint density at radius 2 is 1.76 bits per heavy atom. The summed E-state index contributed by atoms with van der Waals surface area (Å²) in [6.07, 6.45) is 0.741. The van der Waals surface area contributed by atoms with Gasteiger partial charge in [-0.25, -0.2) is 4.79 Å². The number of phenols is 1. The Labute approximate surface area is 198 Å². The van der Waals surface area contributed by atoms with Crippen LogP contribution in [0.25, 0.3) is 5.57 Å². The number of carboxylic acids is 1. The maximum Gasteiger partial charge on any atom is 0.336 e. The molecule has 0 spiro atoms. The van der Waals surface area contributed by atoms with Crippen LogP contribution in [-0.4, -0.2) is 27.4 Å². The molecule has 1 aliphatic heterocycles. The lowest BCUT2D eigenvalue weighted by atomic mass is 9.85. The number of benzene rings is 2. The summed E-state index contributed by atoms with van der Waals surface area (Å²) >= 11 is 13.4. The fraction of sp³-hybridized carbons (Fsp3) is 0.0500. The summed E-state index contributed by atoms with van der Waals surface area (Å²) in [5, 5.41) is 30.5. The molecule has 0 amide bonds. The number of carbonyl (C=O) groups is 1. The van der Waals surface area contributed by atoms with Gasteiger partial charge in [0.25, 0.3) is 0 Å². The standard InChI is InChI=1S/C20H10Br4O5/c21-11-5-9-13(7-3-1-2-4-8(7)20(27)28)10-6-12(22)17(26)15(24)19(10)29-18(9)14(23)16(11)25/h1-6,16,25-26H,(H,27,28). The Morgan fingerprint density at radius 1 is 1.07 bits per heavy atom. The predicted molar refractivity (Wildman–Crippen MR) is 123 cm³/mol. The number of aliphatic hydroxyl groups excluding tert-OH is 1. The predicted octanol–water partition coefficient (Wildman–Crippen LogP) is 6.07. The van der Waals surface area contributed by atoms with Crippen molar-refractivity contribution < 1.29 is 24.9 Å². The van der Waals surface area contributed by atoms with Crippen molar-refractivity contribution in [3.05, 3.63) is 82.3 Å². The molecule has 3 N–H and O–H groups in total. The molecule has 2 aromatic carbocycles. The van der Waals surface area contributed by atoms with Crippen LogP contribution in [0.3, 0.4) is 0 Å².